The number of rotatable bonds is 4. The van der Waals surface area contributed by atoms with E-state index in [9.17, 15) is 0 Å². The second kappa shape index (κ2) is 5.04. The van der Waals surface area contributed by atoms with Crippen LogP contribution in [-0.4, -0.2) is 24.2 Å². The number of hydrogen-bond acceptors (Lipinski definition) is 3. The lowest BCUT2D eigenvalue weighted by molar-refractivity contribution is -0.0979. The minimum Gasteiger partial charge on any atom is -0.381 e. The number of aromatic nitrogens is 1. The van der Waals surface area contributed by atoms with Gasteiger partial charge >= 0.3 is 0 Å². The average molecular weight is 299 g/mol. The molecule has 3 nitrogen and oxygen atoms in total. The van der Waals surface area contributed by atoms with Crippen LogP contribution < -0.4 is 5.32 Å². The van der Waals surface area contributed by atoms with Crippen LogP contribution in [0.1, 0.15) is 26.0 Å². The van der Waals surface area contributed by atoms with Crippen molar-refractivity contribution in [3.8, 4) is 0 Å². The van der Waals surface area contributed by atoms with Gasteiger partial charge in [-0.25, -0.2) is 0 Å². The molecule has 1 aromatic heterocycles. The van der Waals surface area contributed by atoms with Crippen molar-refractivity contribution in [2.45, 2.75) is 39.0 Å². The molecule has 94 valence electrons. The second-order valence-corrected chi connectivity index (χ2v) is 6.10. The summed E-state index contributed by atoms with van der Waals surface area (Å²) >= 11 is 3.39. The Labute approximate surface area is 111 Å². The van der Waals surface area contributed by atoms with Crippen LogP contribution >= 0.6 is 15.9 Å². The predicted octanol–water partition coefficient (Wildman–Crippen LogP) is 2.75. The highest BCUT2D eigenvalue weighted by atomic mass is 79.9. The van der Waals surface area contributed by atoms with Crippen LogP contribution in [0.5, 0.6) is 0 Å². The van der Waals surface area contributed by atoms with Crippen LogP contribution in [0.3, 0.4) is 0 Å². The molecule has 4 heteroatoms. The second-order valence-electron chi connectivity index (χ2n) is 5.18. The number of hydrogen-bond donors (Lipinski definition) is 1. The fourth-order valence-corrected chi connectivity index (χ4v) is 2.61. The zero-order chi connectivity index (χ0) is 12.5. The molecule has 1 heterocycles. The zero-order valence-electron chi connectivity index (χ0n) is 10.5. The Hall–Kier alpha value is -0.450. The van der Waals surface area contributed by atoms with E-state index in [1.54, 1.807) is 7.11 Å². The van der Waals surface area contributed by atoms with Gasteiger partial charge < -0.3 is 10.1 Å². The third kappa shape index (κ3) is 2.69. The summed E-state index contributed by atoms with van der Waals surface area (Å²) < 4.78 is 6.46. The molecule has 0 bridgehead atoms. The van der Waals surface area contributed by atoms with Crippen LogP contribution in [-0.2, 0) is 11.3 Å². The van der Waals surface area contributed by atoms with E-state index in [1.807, 2.05) is 18.3 Å². The van der Waals surface area contributed by atoms with E-state index in [0.29, 0.717) is 12.1 Å². The van der Waals surface area contributed by atoms with Crippen molar-refractivity contribution >= 4 is 15.9 Å². The van der Waals surface area contributed by atoms with Gasteiger partial charge in [0.1, 0.15) is 0 Å². The Balaban J connectivity index is 1.86. The molecule has 0 saturated heterocycles. The van der Waals surface area contributed by atoms with Crippen molar-refractivity contribution in [3.05, 3.63) is 28.5 Å². The first kappa shape index (κ1) is 13.0. The largest absolute Gasteiger partial charge is 0.381 e. The van der Waals surface area contributed by atoms with Crippen molar-refractivity contribution in [1.82, 2.24) is 10.3 Å². The summed E-state index contributed by atoms with van der Waals surface area (Å²) in [5, 5.41) is 3.55. The molecule has 2 unspecified atom stereocenters. The molecular formula is C13H19BrN2O. The predicted molar refractivity (Wildman–Crippen MR) is 71.8 cm³/mol. The molecule has 1 fully saturated rings. The number of nitrogens with zero attached hydrogens (tertiary/aromatic N) is 1. The van der Waals surface area contributed by atoms with E-state index >= 15 is 0 Å². The Morgan fingerprint density at radius 3 is 2.82 bits per heavy atom. The van der Waals surface area contributed by atoms with Crippen LogP contribution in [0.15, 0.2) is 22.8 Å². The summed E-state index contributed by atoms with van der Waals surface area (Å²) in [6.07, 6.45) is 3.29. The highest BCUT2D eigenvalue weighted by molar-refractivity contribution is 9.10. The van der Waals surface area contributed by atoms with E-state index in [4.69, 9.17) is 4.74 Å². The van der Waals surface area contributed by atoms with Gasteiger partial charge in [0.25, 0.3) is 0 Å². The maximum Gasteiger partial charge on any atom is 0.0652 e. The Kier molecular flexibility index (Phi) is 3.85. The van der Waals surface area contributed by atoms with Crippen LogP contribution in [0.2, 0.25) is 0 Å². The lowest BCUT2D eigenvalue weighted by Gasteiger charge is -2.51. The maximum atomic E-state index is 5.44. The lowest BCUT2D eigenvalue weighted by Crippen LogP contribution is -2.60. The minimum atomic E-state index is 0.212. The van der Waals surface area contributed by atoms with Crippen LogP contribution in [0.4, 0.5) is 0 Å². The average Bonchev–Trinajstić information content (AvgIpc) is 2.30. The number of halogens is 1. The summed E-state index contributed by atoms with van der Waals surface area (Å²) in [4.78, 5) is 4.35. The lowest BCUT2D eigenvalue weighted by atomic mass is 9.64. The molecule has 0 amide bonds. The molecule has 0 radical (unpaired) electrons. The van der Waals surface area contributed by atoms with Gasteiger partial charge in [0.05, 0.1) is 11.8 Å². The molecule has 0 spiro atoms. The van der Waals surface area contributed by atoms with Gasteiger partial charge in [0.15, 0.2) is 0 Å². The first-order valence-corrected chi connectivity index (χ1v) is 6.70. The molecule has 1 aliphatic carbocycles. The highest BCUT2D eigenvalue weighted by Crippen LogP contribution is 2.42. The molecule has 0 aliphatic heterocycles. The monoisotopic (exact) mass is 298 g/mol. The number of methoxy groups -OCH3 is 1. The molecule has 1 aliphatic rings. The fraction of sp³-hybridized carbons (Fsp3) is 0.615. The highest BCUT2D eigenvalue weighted by Gasteiger charge is 2.48. The van der Waals surface area contributed by atoms with Crippen LogP contribution in [0.25, 0.3) is 0 Å². The first-order valence-electron chi connectivity index (χ1n) is 5.90. The molecule has 1 saturated carbocycles. The van der Waals surface area contributed by atoms with E-state index in [0.717, 1.165) is 23.1 Å². The van der Waals surface area contributed by atoms with Gasteiger partial charge in [-0.15, -0.1) is 0 Å². The molecule has 17 heavy (non-hydrogen) atoms. The van der Waals surface area contributed by atoms with E-state index in [2.05, 4.69) is 40.1 Å². The van der Waals surface area contributed by atoms with Gasteiger partial charge in [-0.3, -0.25) is 4.98 Å². The molecule has 2 rings (SSSR count). The van der Waals surface area contributed by atoms with Crippen molar-refractivity contribution in [2.75, 3.05) is 7.11 Å². The summed E-state index contributed by atoms with van der Waals surface area (Å²) in [5.74, 6) is 0. The first-order chi connectivity index (χ1) is 8.04. The van der Waals surface area contributed by atoms with Gasteiger partial charge in [-0.05, 0) is 34.5 Å². The normalized spacial score (nSPS) is 26.6. The smallest absolute Gasteiger partial charge is 0.0652 e. The molecular weight excluding hydrogens is 280 g/mol. The molecule has 0 aromatic carbocycles. The SMILES string of the molecule is COC1CC(NCc2ccc(Br)cn2)C1(C)C. The van der Waals surface area contributed by atoms with Crippen LogP contribution in [0, 0.1) is 5.41 Å². The number of nitrogens with one attached hydrogen (secondary N) is 1. The summed E-state index contributed by atoms with van der Waals surface area (Å²) in [6.45, 7) is 5.31. The number of pyridine rings is 1. The van der Waals surface area contributed by atoms with Crippen molar-refractivity contribution in [2.24, 2.45) is 5.41 Å². The van der Waals surface area contributed by atoms with Gasteiger partial charge in [-0.2, -0.15) is 0 Å². The standard InChI is InChI=1S/C13H19BrN2O/c1-13(2)11(6-12(13)17-3)16-8-10-5-4-9(14)7-15-10/h4-5,7,11-12,16H,6,8H2,1-3H3. The maximum absolute atomic E-state index is 5.44. The third-order valence-corrected chi connectivity index (χ3v) is 4.25. The molecule has 2 atom stereocenters. The Morgan fingerprint density at radius 2 is 2.29 bits per heavy atom. The minimum absolute atomic E-state index is 0.212. The molecule has 1 aromatic rings. The summed E-state index contributed by atoms with van der Waals surface area (Å²) in [6, 6.07) is 4.57. The summed E-state index contributed by atoms with van der Waals surface area (Å²) in [7, 11) is 1.79. The fourth-order valence-electron chi connectivity index (χ4n) is 2.37. The zero-order valence-corrected chi connectivity index (χ0v) is 12.1. The number of ether oxygens (including phenoxy) is 1. The van der Waals surface area contributed by atoms with E-state index in [1.165, 1.54) is 0 Å². The van der Waals surface area contributed by atoms with Gasteiger partial charge in [0.2, 0.25) is 0 Å². The summed E-state index contributed by atoms with van der Waals surface area (Å²) in [5.41, 5.74) is 1.29. The van der Waals surface area contributed by atoms with Crippen molar-refractivity contribution < 1.29 is 4.74 Å². The van der Waals surface area contributed by atoms with E-state index < -0.39 is 0 Å². The third-order valence-electron chi connectivity index (χ3n) is 3.78. The Bertz CT molecular complexity index is 378. The van der Waals surface area contributed by atoms with Crippen molar-refractivity contribution in [1.29, 1.82) is 0 Å². The molecule has 1 N–H and O–H groups in total. The van der Waals surface area contributed by atoms with Gasteiger partial charge in [0, 0.05) is 35.8 Å². The quantitative estimate of drug-likeness (QED) is 0.928. The topological polar surface area (TPSA) is 34.1 Å². The van der Waals surface area contributed by atoms with Crippen molar-refractivity contribution in [3.63, 3.8) is 0 Å². The van der Waals surface area contributed by atoms with Gasteiger partial charge in [-0.1, -0.05) is 13.8 Å². The van der Waals surface area contributed by atoms with E-state index in [-0.39, 0.29) is 5.41 Å². The Morgan fingerprint density at radius 1 is 1.53 bits per heavy atom.